The highest BCUT2D eigenvalue weighted by molar-refractivity contribution is 7.89. The summed E-state index contributed by atoms with van der Waals surface area (Å²) in [6.07, 6.45) is 2.03. The van der Waals surface area contributed by atoms with Crippen molar-refractivity contribution in [2.75, 3.05) is 25.5 Å². The molecule has 0 atom stereocenters. The van der Waals surface area contributed by atoms with Crippen molar-refractivity contribution < 1.29 is 17.9 Å². The maximum absolute atomic E-state index is 12.9. The van der Waals surface area contributed by atoms with E-state index in [1.807, 2.05) is 44.2 Å². The van der Waals surface area contributed by atoms with Crippen LogP contribution in [0.15, 0.2) is 53.4 Å². The number of hydrogen-bond donors (Lipinski definition) is 1. The molecule has 1 saturated heterocycles. The molecule has 0 aromatic heterocycles. The molecule has 2 aromatic carbocycles. The number of amides is 1. The van der Waals surface area contributed by atoms with Gasteiger partial charge in [0.15, 0.2) is 0 Å². The van der Waals surface area contributed by atoms with Crippen molar-refractivity contribution in [3.05, 3.63) is 54.1 Å². The van der Waals surface area contributed by atoms with E-state index in [0.29, 0.717) is 25.2 Å². The molecule has 156 valence electrons. The quantitative estimate of drug-likeness (QED) is 0.745. The molecule has 1 heterocycles. The first kappa shape index (κ1) is 21.3. The van der Waals surface area contributed by atoms with Gasteiger partial charge in [-0.15, -0.1) is 0 Å². The van der Waals surface area contributed by atoms with Gasteiger partial charge in [-0.2, -0.15) is 4.31 Å². The first-order valence-corrected chi connectivity index (χ1v) is 11.2. The van der Waals surface area contributed by atoms with Crippen LogP contribution in [0.1, 0.15) is 38.7 Å². The maximum atomic E-state index is 12.9. The molecule has 0 saturated carbocycles. The molecule has 1 aliphatic rings. The SMILES string of the molecule is COc1cc(NC(=O)CC(C)(C)c2ccccc2)ccc1S(=O)(=O)N1CCCC1. The third-order valence-corrected chi connectivity index (χ3v) is 7.23. The van der Waals surface area contributed by atoms with Crippen LogP contribution < -0.4 is 10.1 Å². The Labute approximate surface area is 172 Å². The van der Waals surface area contributed by atoms with Crippen LogP contribution in [0, 0.1) is 0 Å². The number of sulfonamides is 1. The highest BCUT2D eigenvalue weighted by atomic mass is 32.2. The minimum Gasteiger partial charge on any atom is -0.495 e. The van der Waals surface area contributed by atoms with Crippen LogP contribution in [0.25, 0.3) is 0 Å². The molecule has 0 unspecified atom stereocenters. The number of carbonyl (C=O) groups is 1. The van der Waals surface area contributed by atoms with Gasteiger partial charge in [0.25, 0.3) is 0 Å². The number of ether oxygens (including phenoxy) is 1. The van der Waals surface area contributed by atoms with Crippen molar-refractivity contribution in [2.24, 2.45) is 0 Å². The number of methoxy groups -OCH3 is 1. The molecule has 3 rings (SSSR count). The van der Waals surface area contributed by atoms with E-state index in [1.54, 1.807) is 12.1 Å². The summed E-state index contributed by atoms with van der Waals surface area (Å²) >= 11 is 0. The summed E-state index contributed by atoms with van der Waals surface area (Å²) in [5.74, 6) is 0.0908. The van der Waals surface area contributed by atoms with Gasteiger partial charge in [-0.3, -0.25) is 4.79 Å². The molecule has 29 heavy (non-hydrogen) atoms. The zero-order valence-corrected chi connectivity index (χ0v) is 18.0. The average Bonchev–Trinajstić information content (AvgIpc) is 3.23. The summed E-state index contributed by atoms with van der Waals surface area (Å²) in [6.45, 7) is 5.10. The lowest BCUT2D eigenvalue weighted by molar-refractivity contribution is -0.117. The van der Waals surface area contributed by atoms with Gasteiger partial charge in [0.1, 0.15) is 10.6 Å². The molecule has 1 amide bonds. The molecule has 0 bridgehead atoms. The lowest BCUT2D eigenvalue weighted by Gasteiger charge is -2.24. The molecule has 0 spiro atoms. The smallest absolute Gasteiger partial charge is 0.246 e. The molecule has 0 aliphatic carbocycles. The van der Waals surface area contributed by atoms with Crippen LogP contribution in [0.2, 0.25) is 0 Å². The second-order valence-corrected chi connectivity index (χ2v) is 9.86. The summed E-state index contributed by atoms with van der Waals surface area (Å²) in [5, 5.41) is 2.86. The van der Waals surface area contributed by atoms with E-state index in [1.165, 1.54) is 17.5 Å². The fourth-order valence-corrected chi connectivity index (χ4v) is 5.28. The van der Waals surface area contributed by atoms with E-state index >= 15 is 0 Å². The van der Waals surface area contributed by atoms with Crippen LogP contribution in [-0.4, -0.2) is 38.8 Å². The van der Waals surface area contributed by atoms with Crippen molar-refractivity contribution in [3.8, 4) is 5.75 Å². The molecule has 0 radical (unpaired) electrons. The van der Waals surface area contributed by atoms with Gasteiger partial charge in [0.2, 0.25) is 15.9 Å². The fraction of sp³-hybridized carbons (Fsp3) is 0.409. The molecular formula is C22H28N2O4S. The Kier molecular flexibility index (Phi) is 6.29. The van der Waals surface area contributed by atoms with Gasteiger partial charge in [-0.05, 0) is 36.0 Å². The summed E-state index contributed by atoms with van der Waals surface area (Å²) in [6, 6.07) is 14.6. The normalized spacial score (nSPS) is 15.3. The number of benzene rings is 2. The predicted molar refractivity (Wildman–Crippen MR) is 114 cm³/mol. The number of hydrogen-bond acceptors (Lipinski definition) is 4. The Bertz CT molecular complexity index is 966. The summed E-state index contributed by atoms with van der Waals surface area (Å²) in [5.41, 5.74) is 1.27. The number of anilines is 1. The summed E-state index contributed by atoms with van der Waals surface area (Å²) in [7, 11) is -2.16. The van der Waals surface area contributed by atoms with Gasteiger partial charge >= 0.3 is 0 Å². The van der Waals surface area contributed by atoms with Gasteiger partial charge in [-0.25, -0.2) is 8.42 Å². The minimum atomic E-state index is -3.60. The Morgan fingerprint density at radius 3 is 2.38 bits per heavy atom. The van der Waals surface area contributed by atoms with Gasteiger partial charge in [0.05, 0.1) is 7.11 Å². The highest BCUT2D eigenvalue weighted by Gasteiger charge is 2.30. The number of nitrogens with zero attached hydrogens (tertiary/aromatic N) is 1. The minimum absolute atomic E-state index is 0.129. The Morgan fingerprint density at radius 1 is 1.10 bits per heavy atom. The lowest BCUT2D eigenvalue weighted by atomic mass is 9.81. The third-order valence-electron chi connectivity index (χ3n) is 5.29. The number of rotatable bonds is 7. The van der Waals surface area contributed by atoms with Crippen molar-refractivity contribution in [2.45, 2.75) is 43.4 Å². The molecule has 1 N–H and O–H groups in total. The second-order valence-electron chi connectivity index (χ2n) is 7.95. The molecule has 2 aromatic rings. The van der Waals surface area contributed by atoms with Crippen LogP contribution in [0.3, 0.4) is 0 Å². The molecule has 1 fully saturated rings. The van der Waals surface area contributed by atoms with E-state index in [0.717, 1.165) is 18.4 Å². The number of carbonyl (C=O) groups excluding carboxylic acids is 1. The van der Waals surface area contributed by atoms with Crippen molar-refractivity contribution >= 4 is 21.6 Å². The zero-order valence-electron chi connectivity index (χ0n) is 17.1. The Morgan fingerprint density at radius 2 is 1.76 bits per heavy atom. The fourth-order valence-electron chi connectivity index (χ4n) is 3.62. The third kappa shape index (κ3) is 4.79. The van der Waals surface area contributed by atoms with Crippen LogP contribution in [0.4, 0.5) is 5.69 Å². The van der Waals surface area contributed by atoms with Crippen molar-refractivity contribution in [1.29, 1.82) is 0 Å². The van der Waals surface area contributed by atoms with Gasteiger partial charge in [-0.1, -0.05) is 44.2 Å². The van der Waals surface area contributed by atoms with Crippen molar-refractivity contribution in [3.63, 3.8) is 0 Å². The average molecular weight is 417 g/mol. The number of nitrogens with one attached hydrogen (secondary N) is 1. The Balaban J connectivity index is 1.76. The van der Waals surface area contributed by atoms with Gasteiger partial charge in [0, 0.05) is 31.3 Å². The predicted octanol–water partition coefficient (Wildman–Crippen LogP) is 3.79. The van der Waals surface area contributed by atoms with Crippen LogP contribution in [-0.2, 0) is 20.2 Å². The highest BCUT2D eigenvalue weighted by Crippen LogP contribution is 2.32. The maximum Gasteiger partial charge on any atom is 0.246 e. The summed E-state index contributed by atoms with van der Waals surface area (Å²) < 4.78 is 32.5. The topological polar surface area (TPSA) is 75.7 Å². The van der Waals surface area contributed by atoms with E-state index in [2.05, 4.69) is 5.32 Å². The lowest BCUT2D eigenvalue weighted by Crippen LogP contribution is -2.28. The van der Waals surface area contributed by atoms with E-state index in [9.17, 15) is 13.2 Å². The van der Waals surface area contributed by atoms with E-state index < -0.39 is 10.0 Å². The van der Waals surface area contributed by atoms with E-state index in [4.69, 9.17) is 4.74 Å². The first-order valence-electron chi connectivity index (χ1n) is 9.77. The van der Waals surface area contributed by atoms with Crippen LogP contribution in [0.5, 0.6) is 5.75 Å². The van der Waals surface area contributed by atoms with Crippen LogP contribution >= 0.6 is 0 Å². The monoisotopic (exact) mass is 416 g/mol. The molecule has 7 heteroatoms. The van der Waals surface area contributed by atoms with Gasteiger partial charge < -0.3 is 10.1 Å². The van der Waals surface area contributed by atoms with E-state index in [-0.39, 0.29) is 22.0 Å². The summed E-state index contributed by atoms with van der Waals surface area (Å²) in [4.78, 5) is 12.7. The van der Waals surface area contributed by atoms with Crippen molar-refractivity contribution in [1.82, 2.24) is 4.31 Å². The largest absolute Gasteiger partial charge is 0.495 e. The Hall–Kier alpha value is -2.38. The molecular weight excluding hydrogens is 388 g/mol. The molecule has 1 aliphatic heterocycles. The zero-order chi connectivity index (χ0) is 21.1. The molecule has 6 nitrogen and oxygen atoms in total. The second kappa shape index (κ2) is 8.55. The standard InChI is InChI=1S/C22H28N2O4S/c1-22(2,17-9-5-4-6-10-17)16-21(25)23-18-11-12-20(19(15-18)28-3)29(26,27)24-13-7-8-14-24/h4-6,9-12,15H,7-8,13-14,16H2,1-3H3,(H,23,25). The first-order chi connectivity index (χ1) is 13.7.